The van der Waals surface area contributed by atoms with Gasteiger partial charge in [-0.3, -0.25) is 4.98 Å². The molecule has 2 N–H and O–H groups in total. The van der Waals surface area contributed by atoms with Crippen molar-refractivity contribution in [3.63, 3.8) is 0 Å². The van der Waals surface area contributed by atoms with Gasteiger partial charge in [0.25, 0.3) is 0 Å². The Morgan fingerprint density at radius 1 is 1.45 bits per heavy atom. The Morgan fingerprint density at radius 2 is 2.10 bits per heavy atom. The quantitative estimate of drug-likeness (QED) is 0.869. The normalized spacial score (nSPS) is 28.5. The summed E-state index contributed by atoms with van der Waals surface area (Å²) in [5, 5.41) is 11.5. The molecule has 3 atom stereocenters. The lowest BCUT2D eigenvalue weighted by Gasteiger charge is -2.39. The molecule has 1 amide bonds. The number of aromatic nitrogens is 1. The standard InChI is InChI=1S/C14H18FN3O2/c1-8-4-12(11(15)5-16-8)18-6-9-2-3-10(7-18)13(9)17-14(19)20/h4-5,9-10,13,17H,2-3,6-7H2,1H3,(H,19,20)/t9-,10+,13+. The van der Waals surface area contributed by atoms with E-state index in [9.17, 15) is 9.18 Å². The summed E-state index contributed by atoms with van der Waals surface area (Å²) in [4.78, 5) is 16.8. The van der Waals surface area contributed by atoms with E-state index in [0.717, 1.165) is 18.5 Å². The number of anilines is 1. The van der Waals surface area contributed by atoms with Crippen molar-refractivity contribution >= 4 is 11.8 Å². The summed E-state index contributed by atoms with van der Waals surface area (Å²) in [6.07, 6.45) is 2.29. The van der Waals surface area contributed by atoms with E-state index in [1.165, 1.54) is 6.20 Å². The number of hydrogen-bond acceptors (Lipinski definition) is 3. The van der Waals surface area contributed by atoms with Gasteiger partial charge in [-0.05, 0) is 37.7 Å². The van der Waals surface area contributed by atoms with Crippen LogP contribution in [0.15, 0.2) is 12.3 Å². The molecule has 0 unspecified atom stereocenters. The highest BCUT2D eigenvalue weighted by Gasteiger charge is 2.43. The van der Waals surface area contributed by atoms with E-state index in [1.54, 1.807) is 6.07 Å². The number of amides is 1. The fourth-order valence-corrected chi connectivity index (χ4v) is 3.57. The van der Waals surface area contributed by atoms with Crippen molar-refractivity contribution in [3.8, 4) is 0 Å². The largest absolute Gasteiger partial charge is 0.465 e. The van der Waals surface area contributed by atoms with Crippen molar-refractivity contribution < 1.29 is 14.3 Å². The van der Waals surface area contributed by atoms with Crippen molar-refractivity contribution in [2.24, 2.45) is 11.8 Å². The molecule has 0 spiro atoms. The van der Waals surface area contributed by atoms with Gasteiger partial charge in [0.2, 0.25) is 0 Å². The molecule has 6 heteroatoms. The molecule has 2 heterocycles. The van der Waals surface area contributed by atoms with Crippen LogP contribution in [0.25, 0.3) is 0 Å². The fourth-order valence-electron chi connectivity index (χ4n) is 3.57. The van der Waals surface area contributed by atoms with Crippen LogP contribution in [0.1, 0.15) is 18.5 Å². The van der Waals surface area contributed by atoms with Crippen LogP contribution in [0.4, 0.5) is 14.9 Å². The first-order valence-corrected chi connectivity index (χ1v) is 6.91. The summed E-state index contributed by atoms with van der Waals surface area (Å²) in [6.45, 7) is 3.24. The van der Waals surface area contributed by atoms with Crippen LogP contribution in [-0.4, -0.2) is 35.3 Å². The van der Waals surface area contributed by atoms with E-state index in [-0.39, 0.29) is 23.7 Å². The zero-order valence-electron chi connectivity index (χ0n) is 11.3. The third-order valence-corrected chi connectivity index (χ3v) is 4.44. The summed E-state index contributed by atoms with van der Waals surface area (Å²) in [6, 6.07) is 1.77. The number of pyridine rings is 1. The Kier molecular flexibility index (Phi) is 3.23. The monoisotopic (exact) mass is 279 g/mol. The van der Waals surface area contributed by atoms with Gasteiger partial charge in [-0.1, -0.05) is 0 Å². The minimum Gasteiger partial charge on any atom is -0.465 e. The van der Waals surface area contributed by atoms with Crippen LogP contribution in [0.5, 0.6) is 0 Å². The Hall–Kier alpha value is -1.85. The van der Waals surface area contributed by atoms with Crippen LogP contribution in [0.3, 0.4) is 0 Å². The number of hydrogen-bond donors (Lipinski definition) is 2. The summed E-state index contributed by atoms with van der Waals surface area (Å²) < 4.78 is 13.9. The molecule has 108 valence electrons. The number of rotatable bonds is 2. The van der Waals surface area contributed by atoms with E-state index < -0.39 is 6.09 Å². The minimum absolute atomic E-state index is 0.00902. The molecule has 1 aromatic rings. The van der Waals surface area contributed by atoms with Gasteiger partial charge in [-0.15, -0.1) is 0 Å². The van der Waals surface area contributed by atoms with Crippen molar-refractivity contribution in [3.05, 3.63) is 23.8 Å². The lowest BCUT2D eigenvalue weighted by atomic mass is 9.92. The molecule has 20 heavy (non-hydrogen) atoms. The maximum Gasteiger partial charge on any atom is 0.404 e. The molecule has 2 aliphatic rings. The molecule has 2 bridgehead atoms. The third kappa shape index (κ3) is 2.30. The molecule has 0 radical (unpaired) electrons. The highest BCUT2D eigenvalue weighted by atomic mass is 19.1. The number of nitrogens with one attached hydrogen (secondary N) is 1. The van der Waals surface area contributed by atoms with Gasteiger partial charge in [0, 0.05) is 24.8 Å². The van der Waals surface area contributed by atoms with Gasteiger partial charge in [0.1, 0.15) is 0 Å². The predicted octanol–water partition coefficient (Wildman–Crippen LogP) is 2.01. The molecule has 1 aliphatic carbocycles. The second-order valence-corrected chi connectivity index (χ2v) is 5.75. The topological polar surface area (TPSA) is 65.5 Å². The summed E-state index contributed by atoms with van der Waals surface area (Å²) >= 11 is 0. The number of fused-ring (bicyclic) bond motifs is 2. The van der Waals surface area contributed by atoms with Gasteiger partial charge in [-0.25, -0.2) is 9.18 Å². The number of carbonyl (C=O) groups is 1. The van der Waals surface area contributed by atoms with E-state index in [0.29, 0.717) is 18.8 Å². The molecule has 1 saturated heterocycles. The molecule has 3 rings (SSSR count). The first-order chi connectivity index (χ1) is 9.54. The summed E-state index contributed by atoms with van der Waals surface area (Å²) in [5.74, 6) is 0.218. The Labute approximate surface area is 116 Å². The van der Waals surface area contributed by atoms with Gasteiger partial charge >= 0.3 is 6.09 Å². The minimum atomic E-state index is -0.966. The number of carboxylic acid groups (broad SMARTS) is 1. The summed E-state index contributed by atoms with van der Waals surface area (Å²) in [5.41, 5.74) is 1.38. The number of piperidine rings is 1. The van der Waals surface area contributed by atoms with Crippen LogP contribution in [0.2, 0.25) is 0 Å². The van der Waals surface area contributed by atoms with E-state index in [1.807, 2.05) is 11.8 Å². The molecular formula is C14H18FN3O2. The molecule has 1 saturated carbocycles. The van der Waals surface area contributed by atoms with E-state index in [4.69, 9.17) is 5.11 Å². The Morgan fingerprint density at radius 3 is 2.70 bits per heavy atom. The first kappa shape index (κ1) is 13.1. The van der Waals surface area contributed by atoms with Gasteiger partial charge in [0.15, 0.2) is 5.82 Å². The van der Waals surface area contributed by atoms with Gasteiger partial charge < -0.3 is 15.3 Å². The fraction of sp³-hybridized carbons (Fsp3) is 0.571. The average molecular weight is 279 g/mol. The highest BCUT2D eigenvalue weighted by molar-refractivity contribution is 5.65. The highest BCUT2D eigenvalue weighted by Crippen LogP contribution is 2.39. The Balaban J connectivity index is 1.80. The first-order valence-electron chi connectivity index (χ1n) is 6.91. The number of nitrogens with zero attached hydrogens (tertiary/aromatic N) is 2. The lowest BCUT2D eigenvalue weighted by Crippen LogP contribution is -2.52. The number of halogens is 1. The molecular weight excluding hydrogens is 261 g/mol. The maximum atomic E-state index is 13.9. The number of aryl methyl sites for hydroxylation is 1. The van der Waals surface area contributed by atoms with Crippen LogP contribution in [0, 0.1) is 24.6 Å². The lowest BCUT2D eigenvalue weighted by molar-refractivity contribution is 0.178. The van der Waals surface area contributed by atoms with Crippen LogP contribution >= 0.6 is 0 Å². The van der Waals surface area contributed by atoms with Gasteiger partial charge in [0.05, 0.1) is 11.9 Å². The van der Waals surface area contributed by atoms with E-state index in [2.05, 4.69) is 10.3 Å². The molecule has 5 nitrogen and oxygen atoms in total. The Bertz CT molecular complexity index is 523. The summed E-state index contributed by atoms with van der Waals surface area (Å²) in [7, 11) is 0. The second-order valence-electron chi connectivity index (χ2n) is 5.75. The third-order valence-electron chi connectivity index (χ3n) is 4.44. The van der Waals surface area contributed by atoms with Crippen molar-refractivity contribution in [1.82, 2.24) is 10.3 Å². The predicted molar refractivity (Wildman–Crippen MR) is 72.3 cm³/mol. The zero-order valence-corrected chi connectivity index (χ0v) is 11.3. The maximum absolute atomic E-state index is 13.9. The SMILES string of the molecule is Cc1cc(N2C[C@H]3CC[C@@H](C2)[C@H]3NC(=O)O)c(F)cn1. The van der Waals surface area contributed by atoms with Crippen LogP contribution in [-0.2, 0) is 0 Å². The molecule has 0 aromatic carbocycles. The van der Waals surface area contributed by atoms with Crippen molar-refractivity contribution in [2.45, 2.75) is 25.8 Å². The van der Waals surface area contributed by atoms with Gasteiger partial charge in [-0.2, -0.15) is 0 Å². The second kappa shape index (κ2) is 4.92. The average Bonchev–Trinajstić information content (AvgIpc) is 2.62. The molecule has 1 aliphatic heterocycles. The van der Waals surface area contributed by atoms with Crippen molar-refractivity contribution in [2.75, 3.05) is 18.0 Å². The smallest absolute Gasteiger partial charge is 0.404 e. The zero-order chi connectivity index (χ0) is 14.3. The molecule has 2 fully saturated rings. The van der Waals surface area contributed by atoms with Crippen molar-refractivity contribution in [1.29, 1.82) is 0 Å². The van der Waals surface area contributed by atoms with E-state index >= 15 is 0 Å². The van der Waals surface area contributed by atoms with Crippen LogP contribution < -0.4 is 10.2 Å². The molecule has 1 aromatic heterocycles.